The quantitative estimate of drug-likeness (QED) is 0.512. The molecular formula is C8H15N2O. The molecule has 11 heavy (non-hydrogen) atoms. The first-order valence-electron chi connectivity index (χ1n) is 4.32. The maximum Gasteiger partial charge on any atom is 0.0981 e. The molecule has 0 aromatic heterocycles. The van der Waals surface area contributed by atoms with Crippen LogP contribution in [0.1, 0.15) is 12.8 Å². The van der Waals surface area contributed by atoms with Gasteiger partial charge in [-0.25, -0.2) is 0 Å². The lowest BCUT2D eigenvalue weighted by Gasteiger charge is -2.40. The van der Waals surface area contributed by atoms with Gasteiger partial charge in [-0.05, 0) is 25.9 Å². The maximum absolute atomic E-state index is 5.68. The van der Waals surface area contributed by atoms with Gasteiger partial charge in [0, 0.05) is 13.1 Å². The lowest BCUT2D eigenvalue weighted by Crippen LogP contribution is -2.53. The van der Waals surface area contributed by atoms with Gasteiger partial charge in [-0.1, -0.05) is 0 Å². The van der Waals surface area contributed by atoms with Gasteiger partial charge in [0.15, 0.2) is 0 Å². The van der Waals surface area contributed by atoms with Crippen LogP contribution in [0.25, 0.3) is 0 Å². The molecule has 2 fully saturated rings. The summed E-state index contributed by atoms with van der Waals surface area (Å²) >= 11 is 0. The fourth-order valence-electron chi connectivity index (χ4n) is 1.80. The number of nitrogens with one attached hydrogen (secondary N) is 2. The summed E-state index contributed by atoms with van der Waals surface area (Å²) in [5.41, 5.74) is 0.128. The molecule has 2 N–H and O–H groups in total. The first-order chi connectivity index (χ1) is 5.41. The molecule has 0 aliphatic carbocycles. The maximum atomic E-state index is 5.68. The zero-order valence-corrected chi connectivity index (χ0v) is 6.73. The van der Waals surface area contributed by atoms with Crippen LogP contribution in [0.4, 0.5) is 0 Å². The zero-order chi connectivity index (χ0) is 7.57. The molecule has 1 spiro atoms. The SMILES string of the molecule is [CH]1CNCC2(CCNCC2)O1. The van der Waals surface area contributed by atoms with E-state index in [4.69, 9.17) is 4.74 Å². The molecule has 63 valence electrons. The third-order valence-electron chi connectivity index (χ3n) is 2.52. The van der Waals surface area contributed by atoms with Gasteiger partial charge in [0.05, 0.1) is 12.2 Å². The largest absolute Gasteiger partial charge is 0.366 e. The lowest BCUT2D eigenvalue weighted by molar-refractivity contribution is -0.0488. The fourth-order valence-corrected chi connectivity index (χ4v) is 1.80. The van der Waals surface area contributed by atoms with Gasteiger partial charge in [0.25, 0.3) is 0 Å². The third-order valence-corrected chi connectivity index (χ3v) is 2.52. The first-order valence-corrected chi connectivity index (χ1v) is 4.32. The second kappa shape index (κ2) is 3.09. The fraction of sp³-hybridized carbons (Fsp3) is 0.875. The highest BCUT2D eigenvalue weighted by atomic mass is 16.5. The Labute approximate surface area is 67.5 Å². The van der Waals surface area contributed by atoms with E-state index in [1.807, 2.05) is 6.61 Å². The average molecular weight is 155 g/mol. The number of hydrogen-bond donors (Lipinski definition) is 2. The highest BCUT2D eigenvalue weighted by Crippen LogP contribution is 2.24. The summed E-state index contributed by atoms with van der Waals surface area (Å²) in [5.74, 6) is 0. The van der Waals surface area contributed by atoms with Crippen LogP contribution >= 0.6 is 0 Å². The van der Waals surface area contributed by atoms with E-state index in [2.05, 4.69) is 10.6 Å². The molecule has 2 rings (SSSR count). The second-order valence-electron chi connectivity index (χ2n) is 3.35. The minimum absolute atomic E-state index is 0.128. The van der Waals surface area contributed by atoms with Gasteiger partial charge in [0.1, 0.15) is 0 Å². The van der Waals surface area contributed by atoms with Gasteiger partial charge in [-0.3, -0.25) is 0 Å². The van der Waals surface area contributed by atoms with Crippen LogP contribution in [-0.2, 0) is 4.74 Å². The van der Waals surface area contributed by atoms with E-state index >= 15 is 0 Å². The van der Waals surface area contributed by atoms with Crippen molar-refractivity contribution >= 4 is 0 Å². The van der Waals surface area contributed by atoms with Gasteiger partial charge < -0.3 is 15.4 Å². The molecule has 0 amide bonds. The Hall–Kier alpha value is -0.120. The Kier molecular flexibility index (Phi) is 2.11. The molecule has 3 nitrogen and oxygen atoms in total. The van der Waals surface area contributed by atoms with Gasteiger partial charge in [-0.2, -0.15) is 0 Å². The van der Waals surface area contributed by atoms with Crippen molar-refractivity contribution in [3.05, 3.63) is 6.61 Å². The van der Waals surface area contributed by atoms with Gasteiger partial charge >= 0.3 is 0 Å². The van der Waals surface area contributed by atoms with Crippen molar-refractivity contribution in [2.45, 2.75) is 18.4 Å². The Morgan fingerprint density at radius 2 is 2.00 bits per heavy atom. The summed E-state index contributed by atoms with van der Waals surface area (Å²) in [4.78, 5) is 0. The Morgan fingerprint density at radius 3 is 2.64 bits per heavy atom. The number of rotatable bonds is 0. The van der Waals surface area contributed by atoms with Crippen LogP contribution in [0, 0.1) is 6.61 Å². The van der Waals surface area contributed by atoms with Gasteiger partial charge in [0.2, 0.25) is 0 Å². The molecule has 2 heterocycles. The first kappa shape index (κ1) is 7.53. The summed E-state index contributed by atoms with van der Waals surface area (Å²) in [5, 5.41) is 6.67. The molecule has 0 saturated carbocycles. The Balaban J connectivity index is 1.94. The van der Waals surface area contributed by atoms with E-state index in [-0.39, 0.29) is 5.60 Å². The standard InChI is InChI=1S/C8H15N2O/c1-3-9-4-2-8(1)7-10-5-6-11-8/h6,9-10H,1-5,7H2. The molecule has 2 saturated heterocycles. The third kappa shape index (κ3) is 1.55. The number of hydrogen-bond acceptors (Lipinski definition) is 3. The predicted molar refractivity (Wildman–Crippen MR) is 43.1 cm³/mol. The molecular weight excluding hydrogens is 140 g/mol. The van der Waals surface area contributed by atoms with E-state index in [9.17, 15) is 0 Å². The molecule has 2 aliphatic rings. The lowest BCUT2D eigenvalue weighted by atomic mass is 9.91. The molecule has 0 aromatic rings. The van der Waals surface area contributed by atoms with Crippen molar-refractivity contribution in [1.82, 2.24) is 10.6 Å². The van der Waals surface area contributed by atoms with Crippen LogP contribution in [-0.4, -0.2) is 31.8 Å². The van der Waals surface area contributed by atoms with Crippen molar-refractivity contribution in [1.29, 1.82) is 0 Å². The van der Waals surface area contributed by atoms with E-state index < -0.39 is 0 Å². The number of piperidine rings is 1. The van der Waals surface area contributed by atoms with Crippen LogP contribution in [0.5, 0.6) is 0 Å². The minimum Gasteiger partial charge on any atom is -0.366 e. The summed E-state index contributed by atoms with van der Waals surface area (Å²) in [7, 11) is 0. The summed E-state index contributed by atoms with van der Waals surface area (Å²) in [6.07, 6.45) is 2.27. The highest BCUT2D eigenvalue weighted by molar-refractivity contribution is 4.92. The van der Waals surface area contributed by atoms with Crippen LogP contribution < -0.4 is 10.6 Å². The predicted octanol–water partition coefficient (Wildman–Crippen LogP) is -0.110. The summed E-state index contributed by atoms with van der Waals surface area (Å²) in [6, 6.07) is 0. The van der Waals surface area contributed by atoms with Gasteiger partial charge in [-0.15, -0.1) is 0 Å². The monoisotopic (exact) mass is 155 g/mol. The summed E-state index contributed by atoms with van der Waals surface area (Å²) in [6.45, 7) is 6.00. The topological polar surface area (TPSA) is 33.3 Å². The Morgan fingerprint density at radius 1 is 1.18 bits per heavy atom. The van der Waals surface area contributed by atoms with Crippen LogP contribution in [0.15, 0.2) is 0 Å². The van der Waals surface area contributed by atoms with Crippen molar-refractivity contribution < 1.29 is 4.74 Å². The smallest absolute Gasteiger partial charge is 0.0981 e. The van der Waals surface area contributed by atoms with Crippen molar-refractivity contribution in [3.63, 3.8) is 0 Å². The van der Waals surface area contributed by atoms with Crippen LogP contribution in [0.3, 0.4) is 0 Å². The van der Waals surface area contributed by atoms with Crippen molar-refractivity contribution in [2.75, 3.05) is 26.2 Å². The van der Waals surface area contributed by atoms with E-state index in [1.165, 1.54) is 0 Å². The van der Waals surface area contributed by atoms with Crippen molar-refractivity contribution in [2.24, 2.45) is 0 Å². The normalized spacial score (nSPS) is 30.5. The number of morpholine rings is 1. The molecule has 0 bridgehead atoms. The van der Waals surface area contributed by atoms with Crippen LogP contribution in [0.2, 0.25) is 0 Å². The van der Waals surface area contributed by atoms with Crippen molar-refractivity contribution in [3.8, 4) is 0 Å². The van der Waals surface area contributed by atoms with E-state index in [0.29, 0.717) is 0 Å². The highest BCUT2D eigenvalue weighted by Gasteiger charge is 2.34. The molecule has 0 unspecified atom stereocenters. The molecule has 0 atom stereocenters. The minimum atomic E-state index is 0.128. The van der Waals surface area contributed by atoms with E-state index in [1.54, 1.807) is 0 Å². The molecule has 1 radical (unpaired) electrons. The number of ether oxygens (including phenoxy) is 1. The molecule has 2 aliphatic heterocycles. The Bertz CT molecular complexity index is 107. The average Bonchev–Trinajstić information content (AvgIpc) is 2.07. The molecule has 3 heteroatoms. The molecule has 0 aromatic carbocycles. The van der Waals surface area contributed by atoms with E-state index in [0.717, 1.165) is 39.0 Å². The zero-order valence-electron chi connectivity index (χ0n) is 6.73. The second-order valence-corrected chi connectivity index (χ2v) is 3.35. The summed E-state index contributed by atoms with van der Waals surface area (Å²) < 4.78 is 5.68.